The van der Waals surface area contributed by atoms with E-state index in [1.807, 2.05) is 9.47 Å². The molecule has 142 valence electrons. The van der Waals surface area contributed by atoms with Gasteiger partial charge in [0.15, 0.2) is 5.82 Å². The topological polar surface area (TPSA) is 67.2 Å². The quantitative estimate of drug-likeness (QED) is 0.903. The van der Waals surface area contributed by atoms with Crippen molar-refractivity contribution in [1.82, 2.24) is 19.8 Å². The van der Waals surface area contributed by atoms with Crippen molar-refractivity contribution in [2.45, 2.75) is 83.2 Å². The molecule has 1 aliphatic carbocycles. The van der Waals surface area contributed by atoms with Gasteiger partial charge in [0.1, 0.15) is 5.69 Å². The molecule has 1 aromatic heterocycles. The zero-order valence-corrected chi connectivity index (χ0v) is 15.6. The third-order valence-electron chi connectivity index (χ3n) is 6.11. The van der Waals surface area contributed by atoms with Gasteiger partial charge in [0.2, 0.25) is 0 Å². The van der Waals surface area contributed by atoms with Gasteiger partial charge in [-0.05, 0) is 44.9 Å². The van der Waals surface area contributed by atoms with Gasteiger partial charge in [0.05, 0.1) is 5.69 Å². The number of fused-ring (bicyclic) bond motifs is 1. The van der Waals surface area contributed by atoms with Crippen molar-refractivity contribution < 1.29 is 9.59 Å². The molecule has 0 bridgehead atoms. The minimum atomic E-state index is -0.0857. The molecule has 1 saturated heterocycles. The van der Waals surface area contributed by atoms with Gasteiger partial charge < -0.3 is 14.8 Å². The maximum absolute atomic E-state index is 13.1. The fraction of sp³-hybridized carbons (Fsp3) is 0.750. The summed E-state index contributed by atoms with van der Waals surface area (Å²) >= 11 is 0. The molecule has 0 radical (unpaired) electrons. The van der Waals surface area contributed by atoms with Crippen molar-refractivity contribution in [3.8, 4) is 0 Å². The number of amides is 2. The van der Waals surface area contributed by atoms with E-state index in [0.29, 0.717) is 11.5 Å². The summed E-state index contributed by atoms with van der Waals surface area (Å²) in [5.74, 6) is 0.408. The van der Waals surface area contributed by atoms with E-state index in [1.54, 1.807) is 0 Å². The molecular weight excluding hydrogens is 328 g/mol. The van der Waals surface area contributed by atoms with E-state index < -0.39 is 0 Å². The molecule has 1 N–H and O–H groups in total. The smallest absolute Gasteiger partial charge is 0.289 e. The summed E-state index contributed by atoms with van der Waals surface area (Å²) in [5, 5.41) is 3.15. The molecule has 4 rings (SSSR count). The lowest BCUT2D eigenvalue weighted by Crippen LogP contribution is -2.34. The van der Waals surface area contributed by atoms with Crippen molar-refractivity contribution in [2.75, 3.05) is 13.1 Å². The normalized spacial score (nSPS) is 21.3. The first-order valence-corrected chi connectivity index (χ1v) is 10.4. The van der Waals surface area contributed by atoms with Gasteiger partial charge in [-0.25, -0.2) is 4.98 Å². The molecule has 2 amide bonds. The van der Waals surface area contributed by atoms with Crippen LogP contribution >= 0.6 is 0 Å². The van der Waals surface area contributed by atoms with Gasteiger partial charge in [-0.15, -0.1) is 0 Å². The van der Waals surface area contributed by atoms with Gasteiger partial charge in [-0.2, -0.15) is 0 Å². The van der Waals surface area contributed by atoms with Gasteiger partial charge in [-0.1, -0.05) is 25.7 Å². The van der Waals surface area contributed by atoms with Crippen LogP contribution in [0.25, 0.3) is 0 Å². The lowest BCUT2D eigenvalue weighted by atomic mass is 10.1. The molecular formula is C20H30N4O2. The number of nitrogens with one attached hydrogen (secondary N) is 1. The van der Waals surface area contributed by atoms with Crippen LogP contribution in [0, 0.1) is 0 Å². The fourth-order valence-corrected chi connectivity index (χ4v) is 4.63. The predicted octanol–water partition coefficient (Wildman–Crippen LogP) is 2.91. The summed E-state index contributed by atoms with van der Waals surface area (Å²) in [5.41, 5.74) is 1.46. The van der Waals surface area contributed by atoms with E-state index in [1.165, 1.54) is 25.7 Å². The number of rotatable bonds is 3. The predicted molar refractivity (Wildman–Crippen MR) is 99.3 cm³/mol. The molecule has 1 saturated carbocycles. The SMILES string of the molecule is O=C(NC1CCCC1)c1nc(C(=O)N2CCCCCC2)n2c1CCCC2. The van der Waals surface area contributed by atoms with Crippen LogP contribution in [0.5, 0.6) is 0 Å². The summed E-state index contributed by atoms with van der Waals surface area (Å²) < 4.78 is 2.03. The third kappa shape index (κ3) is 3.51. The molecule has 3 heterocycles. The number of carbonyl (C=O) groups excluding carboxylic acids is 2. The Kier molecular flexibility index (Phi) is 5.27. The summed E-state index contributed by atoms with van der Waals surface area (Å²) in [6.07, 6.45) is 12.0. The van der Waals surface area contributed by atoms with Crippen LogP contribution in [0.1, 0.15) is 91.0 Å². The number of aromatic nitrogens is 2. The van der Waals surface area contributed by atoms with Crippen molar-refractivity contribution >= 4 is 11.8 Å². The maximum atomic E-state index is 13.1. The standard InChI is InChI=1S/C20H30N4O2/c25-19(21-15-9-3-4-10-15)17-16-11-5-8-14-24(16)18(22-17)20(26)23-12-6-1-2-7-13-23/h15H,1-14H2,(H,21,25). The van der Waals surface area contributed by atoms with E-state index in [9.17, 15) is 9.59 Å². The number of hydrogen-bond acceptors (Lipinski definition) is 3. The molecule has 0 aromatic carbocycles. The number of imidazole rings is 1. The lowest BCUT2D eigenvalue weighted by molar-refractivity contribution is 0.0743. The zero-order chi connectivity index (χ0) is 17.9. The van der Waals surface area contributed by atoms with Gasteiger partial charge in [-0.3, -0.25) is 9.59 Å². The third-order valence-corrected chi connectivity index (χ3v) is 6.11. The Labute approximate surface area is 155 Å². The Morgan fingerprint density at radius 3 is 2.31 bits per heavy atom. The first-order chi connectivity index (χ1) is 12.7. The maximum Gasteiger partial charge on any atom is 0.289 e. The van der Waals surface area contributed by atoms with Crippen molar-refractivity contribution in [2.24, 2.45) is 0 Å². The zero-order valence-electron chi connectivity index (χ0n) is 15.6. The molecule has 3 aliphatic rings. The summed E-state index contributed by atoms with van der Waals surface area (Å²) in [6.45, 7) is 2.42. The fourth-order valence-electron chi connectivity index (χ4n) is 4.63. The molecule has 2 aliphatic heterocycles. The van der Waals surface area contributed by atoms with Crippen molar-refractivity contribution in [3.05, 3.63) is 17.2 Å². The summed E-state index contributed by atoms with van der Waals surface area (Å²) in [6, 6.07) is 0.271. The van der Waals surface area contributed by atoms with Crippen LogP contribution in [0.4, 0.5) is 0 Å². The van der Waals surface area contributed by atoms with E-state index in [2.05, 4.69) is 10.3 Å². The molecule has 6 nitrogen and oxygen atoms in total. The van der Waals surface area contributed by atoms with Crippen LogP contribution in [-0.2, 0) is 13.0 Å². The average molecular weight is 358 g/mol. The summed E-state index contributed by atoms with van der Waals surface area (Å²) in [4.78, 5) is 32.5. The van der Waals surface area contributed by atoms with Gasteiger partial charge >= 0.3 is 0 Å². The van der Waals surface area contributed by atoms with Crippen LogP contribution in [0.15, 0.2) is 0 Å². The molecule has 26 heavy (non-hydrogen) atoms. The van der Waals surface area contributed by atoms with Crippen LogP contribution < -0.4 is 5.32 Å². The second kappa shape index (κ2) is 7.80. The van der Waals surface area contributed by atoms with E-state index in [4.69, 9.17) is 0 Å². The highest BCUT2D eigenvalue weighted by atomic mass is 16.2. The molecule has 0 spiro atoms. The second-order valence-electron chi connectivity index (χ2n) is 8.00. The van der Waals surface area contributed by atoms with Gasteiger partial charge in [0, 0.05) is 25.7 Å². The highest BCUT2D eigenvalue weighted by Gasteiger charge is 2.31. The largest absolute Gasteiger partial charge is 0.348 e. The highest BCUT2D eigenvalue weighted by Crippen LogP contribution is 2.24. The van der Waals surface area contributed by atoms with E-state index in [-0.39, 0.29) is 17.9 Å². The van der Waals surface area contributed by atoms with Crippen LogP contribution in [0.3, 0.4) is 0 Å². The number of carbonyl (C=O) groups is 2. The van der Waals surface area contributed by atoms with Crippen LogP contribution in [-0.4, -0.2) is 45.4 Å². The Hall–Kier alpha value is -1.85. The number of likely N-dealkylation sites (tertiary alicyclic amines) is 1. The van der Waals surface area contributed by atoms with Crippen molar-refractivity contribution in [1.29, 1.82) is 0 Å². The van der Waals surface area contributed by atoms with Crippen LogP contribution in [0.2, 0.25) is 0 Å². The first-order valence-electron chi connectivity index (χ1n) is 10.4. The molecule has 0 unspecified atom stereocenters. The number of hydrogen-bond donors (Lipinski definition) is 1. The van der Waals surface area contributed by atoms with Crippen molar-refractivity contribution in [3.63, 3.8) is 0 Å². The highest BCUT2D eigenvalue weighted by molar-refractivity contribution is 5.97. The minimum Gasteiger partial charge on any atom is -0.348 e. The van der Waals surface area contributed by atoms with Gasteiger partial charge in [0.25, 0.3) is 11.8 Å². The molecule has 6 heteroatoms. The Balaban J connectivity index is 1.59. The Morgan fingerprint density at radius 1 is 0.885 bits per heavy atom. The number of nitrogens with zero attached hydrogens (tertiary/aromatic N) is 3. The first kappa shape index (κ1) is 17.6. The second-order valence-corrected chi connectivity index (χ2v) is 8.00. The minimum absolute atomic E-state index is 0.00923. The monoisotopic (exact) mass is 358 g/mol. The Bertz CT molecular complexity index is 668. The summed E-state index contributed by atoms with van der Waals surface area (Å²) in [7, 11) is 0. The molecule has 2 fully saturated rings. The Morgan fingerprint density at radius 2 is 1.58 bits per heavy atom. The molecule has 0 atom stereocenters. The van der Waals surface area contributed by atoms with E-state index >= 15 is 0 Å². The molecule has 1 aromatic rings. The lowest BCUT2D eigenvalue weighted by Gasteiger charge is -2.22. The average Bonchev–Trinajstić information content (AvgIpc) is 3.21. The van der Waals surface area contributed by atoms with E-state index in [0.717, 1.165) is 70.3 Å².